The van der Waals surface area contributed by atoms with Crippen molar-refractivity contribution >= 4 is 35.2 Å². The molecule has 0 fully saturated rings. The summed E-state index contributed by atoms with van der Waals surface area (Å²) in [5.41, 5.74) is 2.71. The van der Waals surface area contributed by atoms with Crippen LogP contribution < -0.4 is 29.0 Å². The second kappa shape index (κ2) is 12.6. The molecule has 0 saturated carbocycles. The van der Waals surface area contributed by atoms with E-state index in [9.17, 15) is 4.79 Å². The molecule has 36 heavy (non-hydrogen) atoms. The van der Waals surface area contributed by atoms with Crippen LogP contribution in [0.15, 0.2) is 60.8 Å². The number of hydrogen-bond donors (Lipinski definition) is 1. The van der Waals surface area contributed by atoms with Crippen LogP contribution in [-0.2, 0) is 0 Å². The monoisotopic (exact) mass is 509 g/mol. The van der Waals surface area contributed by atoms with Crippen molar-refractivity contribution in [3.8, 4) is 28.7 Å². The van der Waals surface area contributed by atoms with E-state index in [-0.39, 0.29) is 5.78 Å². The van der Waals surface area contributed by atoms with Crippen molar-refractivity contribution in [2.45, 2.75) is 0 Å². The molecule has 0 spiro atoms. The van der Waals surface area contributed by atoms with Crippen molar-refractivity contribution in [1.29, 1.82) is 0 Å². The van der Waals surface area contributed by atoms with Gasteiger partial charge in [0.25, 0.3) is 0 Å². The maximum atomic E-state index is 12.6. The second-order valence-corrected chi connectivity index (χ2v) is 7.82. The van der Waals surface area contributed by atoms with Gasteiger partial charge in [0.15, 0.2) is 23.0 Å². The van der Waals surface area contributed by atoms with Crippen molar-refractivity contribution in [1.82, 2.24) is 0 Å². The summed E-state index contributed by atoms with van der Waals surface area (Å²) in [7, 11) is 7.75. The molecule has 0 radical (unpaired) electrons. The molecule has 7 nitrogen and oxygen atoms in total. The van der Waals surface area contributed by atoms with Crippen LogP contribution in [0, 0.1) is 0 Å². The van der Waals surface area contributed by atoms with Crippen molar-refractivity contribution < 1.29 is 28.5 Å². The van der Waals surface area contributed by atoms with Gasteiger partial charge in [-0.05, 0) is 47.5 Å². The number of nitrogens with one attached hydrogen (secondary N) is 1. The van der Waals surface area contributed by atoms with Gasteiger partial charge < -0.3 is 29.0 Å². The second-order valence-electron chi connectivity index (χ2n) is 7.42. The molecule has 3 aromatic carbocycles. The number of benzene rings is 3. The van der Waals surface area contributed by atoms with Gasteiger partial charge in [0, 0.05) is 12.3 Å². The fraction of sp³-hybridized carbons (Fsp3) is 0.179. The Morgan fingerprint density at radius 1 is 0.750 bits per heavy atom. The quantitative estimate of drug-likeness (QED) is 0.183. The van der Waals surface area contributed by atoms with Crippen molar-refractivity contribution in [2.24, 2.45) is 0 Å². The standard InChI is InChI=1S/C28H28ClNO6/c1-32-24-9-7-6-8-20(24)23(31)12-13-30-22-15-18(14-21(29)27(22)35-4)10-11-19-16-25(33-2)28(36-5)26(17-19)34-3/h6-17,30H,1-5H3/b11-10-,13-12-. The first-order valence-electron chi connectivity index (χ1n) is 10.9. The van der Waals surface area contributed by atoms with Crippen molar-refractivity contribution in [3.05, 3.63) is 82.5 Å². The Hall–Kier alpha value is -4.10. The van der Waals surface area contributed by atoms with E-state index in [0.29, 0.717) is 45.0 Å². The van der Waals surface area contributed by atoms with Gasteiger partial charge in [-0.2, -0.15) is 0 Å². The van der Waals surface area contributed by atoms with Crippen LogP contribution in [0.4, 0.5) is 5.69 Å². The number of ketones is 1. The number of allylic oxidation sites excluding steroid dienone is 1. The largest absolute Gasteiger partial charge is 0.496 e. The third-order valence-electron chi connectivity index (χ3n) is 5.27. The number of carbonyl (C=O) groups excluding carboxylic acids is 1. The molecule has 8 heteroatoms. The highest BCUT2D eigenvalue weighted by molar-refractivity contribution is 6.32. The van der Waals surface area contributed by atoms with E-state index < -0.39 is 0 Å². The fourth-order valence-corrected chi connectivity index (χ4v) is 3.87. The fourth-order valence-electron chi connectivity index (χ4n) is 3.56. The molecular weight excluding hydrogens is 482 g/mol. The molecule has 3 aromatic rings. The predicted molar refractivity (Wildman–Crippen MR) is 143 cm³/mol. The summed E-state index contributed by atoms with van der Waals surface area (Å²) in [4.78, 5) is 12.6. The molecule has 3 rings (SSSR count). The third-order valence-corrected chi connectivity index (χ3v) is 5.55. The predicted octanol–water partition coefficient (Wildman–Crippen LogP) is 6.36. The lowest BCUT2D eigenvalue weighted by Gasteiger charge is -2.13. The minimum absolute atomic E-state index is 0.205. The van der Waals surface area contributed by atoms with E-state index in [0.717, 1.165) is 11.1 Å². The summed E-state index contributed by atoms with van der Waals surface area (Å²) in [5.74, 6) is 2.38. The molecule has 0 heterocycles. The number of anilines is 1. The minimum Gasteiger partial charge on any atom is -0.496 e. The molecule has 0 aromatic heterocycles. The molecule has 0 unspecified atom stereocenters. The summed E-state index contributed by atoms with van der Waals surface area (Å²) in [6.45, 7) is 0. The normalized spacial score (nSPS) is 10.9. The van der Waals surface area contributed by atoms with Crippen LogP contribution in [0.2, 0.25) is 5.02 Å². The van der Waals surface area contributed by atoms with Crippen LogP contribution in [0.5, 0.6) is 28.7 Å². The number of carbonyl (C=O) groups is 1. The van der Waals surface area contributed by atoms with Gasteiger partial charge in [0.1, 0.15) is 5.75 Å². The van der Waals surface area contributed by atoms with E-state index in [2.05, 4.69) is 5.32 Å². The Bertz CT molecular complexity index is 1260. The smallest absolute Gasteiger partial charge is 0.203 e. The molecule has 0 bridgehead atoms. The highest BCUT2D eigenvalue weighted by atomic mass is 35.5. The Labute approximate surface area is 215 Å². The van der Waals surface area contributed by atoms with Crippen molar-refractivity contribution in [2.75, 3.05) is 40.9 Å². The van der Waals surface area contributed by atoms with Crippen molar-refractivity contribution in [3.63, 3.8) is 0 Å². The summed E-state index contributed by atoms with van der Waals surface area (Å²) < 4.78 is 26.9. The van der Waals surface area contributed by atoms with E-state index in [1.807, 2.05) is 36.4 Å². The summed E-state index contributed by atoms with van der Waals surface area (Å²) >= 11 is 6.47. The maximum Gasteiger partial charge on any atom is 0.203 e. The van der Waals surface area contributed by atoms with Crippen LogP contribution in [0.1, 0.15) is 21.5 Å². The lowest BCUT2D eigenvalue weighted by Crippen LogP contribution is -2.00. The van der Waals surface area contributed by atoms with Crippen LogP contribution >= 0.6 is 11.6 Å². The molecule has 1 N–H and O–H groups in total. The molecule has 0 aliphatic heterocycles. The first kappa shape index (κ1) is 26.5. The van der Waals surface area contributed by atoms with E-state index in [1.54, 1.807) is 45.6 Å². The van der Waals surface area contributed by atoms with Gasteiger partial charge in [-0.15, -0.1) is 0 Å². The molecule has 188 valence electrons. The Morgan fingerprint density at radius 3 is 1.92 bits per heavy atom. The zero-order chi connectivity index (χ0) is 26.1. The number of methoxy groups -OCH3 is 5. The van der Waals surface area contributed by atoms with Gasteiger partial charge in [-0.3, -0.25) is 4.79 Å². The lowest BCUT2D eigenvalue weighted by molar-refractivity contribution is 0.104. The minimum atomic E-state index is -0.205. The van der Waals surface area contributed by atoms with E-state index in [1.165, 1.54) is 26.5 Å². The SMILES string of the molecule is COc1ccccc1C(=O)/C=C\Nc1cc(/C=C\c2cc(OC)c(OC)c(OC)c2)cc(Cl)c1OC. The lowest BCUT2D eigenvalue weighted by atomic mass is 10.1. The number of ether oxygens (including phenoxy) is 5. The van der Waals surface area contributed by atoms with Gasteiger partial charge in [0.2, 0.25) is 5.75 Å². The maximum absolute atomic E-state index is 12.6. The molecule has 0 amide bonds. The summed E-state index contributed by atoms with van der Waals surface area (Å²) in [6, 6.07) is 14.4. The summed E-state index contributed by atoms with van der Waals surface area (Å²) in [6.07, 6.45) is 6.74. The van der Waals surface area contributed by atoms with Gasteiger partial charge in [-0.25, -0.2) is 0 Å². The molecule has 0 aliphatic rings. The van der Waals surface area contributed by atoms with Gasteiger partial charge >= 0.3 is 0 Å². The first-order valence-corrected chi connectivity index (χ1v) is 11.3. The van der Waals surface area contributed by atoms with E-state index in [4.69, 9.17) is 35.3 Å². The van der Waals surface area contributed by atoms with Crippen LogP contribution in [0.25, 0.3) is 12.2 Å². The van der Waals surface area contributed by atoms with Crippen LogP contribution in [-0.4, -0.2) is 41.3 Å². The Morgan fingerprint density at radius 2 is 1.33 bits per heavy atom. The topological polar surface area (TPSA) is 75.3 Å². The Balaban J connectivity index is 1.86. The van der Waals surface area contributed by atoms with Gasteiger partial charge in [0.05, 0.1) is 51.8 Å². The summed E-state index contributed by atoms with van der Waals surface area (Å²) in [5, 5.41) is 3.50. The number of para-hydroxylation sites is 1. The Kier molecular flexibility index (Phi) is 9.25. The van der Waals surface area contributed by atoms with Crippen LogP contribution in [0.3, 0.4) is 0 Å². The number of hydrogen-bond acceptors (Lipinski definition) is 7. The van der Waals surface area contributed by atoms with Gasteiger partial charge in [-0.1, -0.05) is 35.9 Å². The average molecular weight is 510 g/mol. The molecule has 0 aliphatic carbocycles. The highest BCUT2D eigenvalue weighted by Crippen LogP contribution is 2.39. The molecular formula is C28H28ClNO6. The zero-order valence-corrected chi connectivity index (χ0v) is 21.5. The average Bonchev–Trinajstić information content (AvgIpc) is 2.90. The molecule has 0 atom stereocenters. The highest BCUT2D eigenvalue weighted by Gasteiger charge is 2.13. The van der Waals surface area contributed by atoms with E-state index >= 15 is 0 Å². The first-order chi connectivity index (χ1) is 17.4. The third kappa shape index (κ3) is 6.12. The molecule has 0 saturated heterocycles. The number of rotatable bonds is 11. The zero-order valence-electron chi connectivity index (χ0n) is 20.8. The number of halogens is 1.